The number of carboxylic acids is 1. The van der Waals surface area contributed by atoms with Gasteiger partial charge in [0.25, 0.3) is 0 Å². The fourth-order valence-corrected chi connectivity index (χ4v) is 1.95. The number of benzene rings is 1. The van der Waals surface area contributed by atoms with Gasteiger partial charge in [-0.05, 0) is 30.2 Å². The summed E-state index contributed by atoms with van der Waals surface area (Å²) < 4.78 is 0. The van der Waals surface area contributed by atoms with Crippen LogP contribution in [0.25, 0.3) is 0 Å². The highest BCUT2D eigenvalue weighted by atomic mass is 16.4. The second kappa shape index (κ2) is 3.81. The molecule has 0 spiro atoms. The minimum Gasteiger partial charge on any atom is -0.481 e. The van der Waals surface area contributed by atoms with E-state index in [1.54, 1.807) is 0 Å². The quantitative estimate of drug-likeness (QED) is 0.727. The van der Waals surface area contributed by atoms with Gasteiger partial charge in [-0.15, -0.1) is 0 Å². The van der Waals surface area contributed by atoms with Crippen molar-refractivity contribution in [3.63, 3.8) is 0 Å². The number of hydrogen-bond acceptors (Lipinski definition) is 3. The van der Waals surface area contributed by atoms with Crippen molar-refractivity contribution in [3.05, 3.63) is 23.8 Å². The van der Waals surface area contributed by atoms with Crippen LogP contribution in [0.3, 0.4) is 0 Å². The van der Waals surface area contributed by atoms with E-state index in [0.29, 0.717) is 6.54 Å². The number of carboxylic acid groups (broad SMARTS) is 1. The summed E-state index contributed by atoms with van der Waals surface area (Å²) in [5.41, 5.74) is 8.81. The zero-order valence-corrected chi connectivity index (χ0v) is 8.44. The van der Waals surface area contributed by atoms with Gasteiger partial charge < -0.3 is 15.7 Å². The van der Waals surface area contributed by atoms with Gasteiger partial charge in [0.15, 0.2) is 0 Å². The van der Waals surface area contributed by atoms with Crippen LogP contribution in [0.1, 0.15) is 12.0 Å². The molecule has 0 bridgehead atoms. The molecule has 15 heavy (non-hydrogen) atoms. The molecule has 1 aromatic carbocycles. The predicted octanol–water partition coefficient (Wildman–Crippen LogP) is 1.11. The van der Waals surface area contributed by atoms with Crippen LogP contribution in [-0.4, -0.2) is 24.2 Å². The Hall–Kier alpha value is -1.71. The lowest BCUT2D eigenvalue weighted by Gasteiger charge is -2.18. The SMILES string of the molecule is Nc1ccc2c(c1)CCN2CCC(=O)O. The normalized spacial score (nSPS) is 14.0. The first kappa shape index (κ1) is 9.83. The molecule has 1 aromatic rings. The molecule has 3 N–H and O–H groups in total. The van der Waals surface area contributed by atoms with E-state index in [0.717, 1.165) is 24.3 Å². The fourth-order valence-electron chi connectivity index (χ4n) is 1.95. The summed E-state index contributed by atoms with van der Waals surface area (Å²) >= 11 is 0. The molecule has 0 radical (unpaired) electrons. The monoisotopic (exact) mass is 206 g/mol. The van der Waals surface area contributed by atoms with Crippen molar-refractivity contribution in [2.24, 2.45) is 0 Å². The summed E-state index contributed by atoms with van der Waals surface area (Å²) in [7, 11) is 0. The molecule has 0 saturated heterocycles. The van der Waals surface area contributed by atoms with E-state index in [1.807, 2.05) is 18.2 Å². The summed E-state index contributed by atoms with van der Waals surface area (Å²) in [6.45, 7) is 1.47. The number of carbonyl (C=O) groups is 1. The van der Waals surface area contributed by atoms with E-state index < -0.39 is 5.97 Å². The van der Waals surface area contributed by atoms with E-state index >= 15 is 0 Å². The largest absolute Gasteiger partial charge is 0.481 e. The number of fused-ring (bicyclic) bond motifs is 1. The summed E-state index contributed by atoms with van der Waals surface area (Å²) in [5, 5.41) is 8.62. The molecular weight excluding hydrogens is 192 g/mol. The third kappa shape index (κ3) is 2.03. The maximum atomic E-state index is 10.5. The molecule has 1 aliphatic rings. The molecule has 0 fully saturated rings. The molecular formula is C11H14N2O2. The highest BCUT2D eigenvalue weighted by Crippen LogP contribution is 2.29. The molecule has 4 heteroatoms. The Morgan fingerprint density at radius 3 is 3.07 bits per heavy atom. The van der Waals surface area contributed by atoms with E-state index in [-0.39, 0.29) is 6.42 Å². The third-order valence-electron chi connectivity index (χ3n) is 2.69. The van der Waals surface area contributed by atoms with Gasteiger partial charge in [-0.2, -0.15) is 0 Å². The van der Waals surface area contributed by atoms with Crippen LogP contribution in [0, 0.1) is 0 Å². The molecule has 0 saturated carbocycles. The molecule has 0 aromatic heterocycles. The number of rotatable bonds is 3. The van der Waals surface area contributed by atoms with E-state index in [4.69, 9.17) is 10.8 Å². The number of hydrogen-bond donors (Lipinski definition) is 2. The first-order valence-corrected chi connectivity index (χ1v) is 5.02. The summed E-state index contributed by atoms with van der Waals surface area (Å²) in [6, 6.07) is 5.80. The predicted molar refractivity (Wildman–Crippen MR) is 59.0 cm³/mol. The summed E-state index contributed by atoms with van der Waals surface area (Å²) in [4.78, 5) is 12.6. The molecule has 0 amide bonds. The number of nitrogens with zero attached hydrogens (tertiary/aromatic N) is 1. The van der Waals surface area contributed by atoms with Gasteiger partial charge in [0, 0.05) is 24.5 Å². The molecule has 0 aliphatic carbocycles. The zero-order chi connectivity index (χ0) is 10.8. The second-order valence-electron chi connectivity index (χ2n) is 3.77. The Balaban J connectivity index is 2.11. The average Bonchev–Trinajstić information content (AvgIpc) is 2.57. The van der Waals surface area contributed by atoms with Gasteiger partial charge in [-0.1, -0.05) is 0 Å². The zero-order valence-electron chi connectivity index (χ0n) is 8.44. The van der Waals surface area contributed by atoms with Gasteiger partial charge in [-0.25, -0.2) is 0 Å². The Morgan fingerprint density at radius 1 is 1.53 bits per heavy atom. The van der Waals surface area contributed by atoms with Crippen molar-refractivity contribution in [1.29, 1.82) is 0 Å². The van der Waals surface area contributed by atoms with Gasteiger partial charge in [-0.3, -0.25) is 4.79 Å². The number of nitrogens with two attached hydrogens (primary N) is 1. The molecule has 1 heterocycles. The van der Waals surface area contributed by atoms with Crippen LogP contribution in [0.15, 0.2) is 18.2 Å². The lowest BCUT2D eigenvalue weighted by atomic mass is 10.1. The lowest BCUT2D eigenvalue weighted by molar-refractivity contribution is -0.136. The molecule has 0 unspecified atom stereocenters. The van der Waals surface area contributed by atoms with E-state index in [1.165, 1.54) is 5.56 Å². The number of aliphatic carboxylic acids is 1. The lowest BCUT2D eigenvalue weighted by Crippen LogP contribution is -2.23. The van der Waals surface area contributed by atoms with E-state index in [2.05, 4.69) is 4.90 Å². The average molecular weight is 206 g/mol. The molecule has 4 nitrogen and oxygen atoms in total. The van der Waals surface area contributed by atoms with Gasteiger partial charge in [0.1, 0.15) is 0 Å². The smallest absolute Gasteiger partial charge is 0.305 e. The van der Waals surface area contributed by atoms with Crippen LogP contribution >= 0.6 is 0 Å². The molecule has 80 valence electrons. The molecule has 2 rings (SSSR count). The van der Waals surface area contributed by atoms with Crippen LogP contribution in [0.2, 0.25) is 0 Å². The van der Waals surface area contributed by atoms with Crippen LogP contribution in [0.4, 0.5) is 11.4 Å². The summed E-state index contributed by atoms with van der Waals surface area (Å²) in [5.74, 6) is -0.751. The van der Waals surface area contributed by atoms with Crippen LogP contribution in [0.5, 0.6) is 0 Å². The fraction of sp³-hybridized carbons (Fsp3) is 0.364. The van der Waals surface area contributed by atoms with Crippen molar-refractivity contribution in [2.45, 2.75) is 12.8 Å². The highest BCUT2D eigenvalue weighted by molar-refractivity contribution is 5.69. The topological polar surface area (TPSA) is 66.6 Å². The Kier molecular flexibility index (Phi) is 2.49. The first-order valence-electron chi connectivity index (χ1n) is 5.02. The Morgan fingerprint density at radius 2 is 2.33 bits per heavy atom. The van der Waals surface area contributed by atoms with Gasteiger partial charge >= 0.3 is 5.97 Å². The van der Waals surface area contributed by atoms with Crippen molar-refractivity contribution in [2.75, 3.05) is 23.7 Å². The minimum absolute atomic E-state index is 0.184. The van der Waals surface area contributed by atoms with Crippen molar-refractivity contribution in [1.82, 2.24) is 0 Å². The van der Waals surface area contributed by atoms with Crippen LogP contribution in [-0.2, 0) is 11.2 Å². The van der Waals surface area contributed by atoms with Crippen LogP contribution < -0.4 is 10.6 Å². The molecule has 0 atom stereocenters. The van der Waals surface area contributed by atoms with Crippen molar-refractivity contribution in [3.8, 4) is 0 Å². The van der Waals surface area contributed by atoms with Crippen molar-refractivity contribution >= 4 is 17.3 Å². The standard InChI is InChI=1S/C11H14N2O2/c12-9-1-2-10-8(7-9)3-5-13(10)6-4-11(14)15/h1-2,7H,3-6,12H2,(H,14,15). The van der Waals surface area contributed by atoms with Gasteiger partial charge in [0.05, 0.1) is 6.42 Å². The first-order chi connectivity index (χ1) is 7.16. The van der Waals surface area contributed by atoms with E-state index in [9.17, 15) is 4.79 Å². The number of anilines is 2. The van der Waals surface area contributed by atoms with Crippen molar-refractivity contribution < 1.29 is 9.90 Å². The Bertz CT molecular complexity index is 390. The third-order valence-corrected chi connectivity index (χ3v) is 2.69. The second-order valence-corrected chi connectivity index (χ2v) is 3.77. The summed E-state index contributed by atoms with van der Waals surface area (Å²) in [6.07, 6.45) is 1.14. The Labute approximate surface area is 88.3 Å². The highest BCUT2D eigenvalue weighted by Gasteiger charge is 2.19. The maximum absolute atomic E-state index is 10.5. The maximum Gasteiger partial charge on any atom is 0.305 e. The minimum atomic E-state index is -0.751. The molecule has 1 aliphatic heterocycles. The van der Waals surface area contributed by atoms with Gasteiger partial charge in [0.2, 0.25) is 0 Å². The number of nitrogen functional groups attached to an aromatic ring is 1.